The fourth-order valence-electron chi connectivity index (χ4n) is 3.49. The van der Waals surface area contributed by atoms with Crippen molar-refractivity contribution < 1.29 is 17.9 Å². The van der Waals surface area contributed by atoms with Gasteiger partial charge in [0.2, 0.25) is 15.9 Å². The molecule has 8 heteroatoms. The van der Waals surface area contributed by atoms with Crippen LogP contribution in [-0.2, 0) is 25.0 Å². The summed E-state index contributed by atoms with van der Waals surface area (Å²) in [6.07, 6.45) is 1.36. The summed E-state index contributed by atoms with van der Waals surface area (Å²) in [6.45, 7) is 4.59. The molecule has 2 atom stereocenters. The number of sulfonamides is 1. The molecule has 0 aromatic heterocycles. The molecule has 0 bridgehead atoms. The minimum atomic E-state index is -3.41. The maximum absolute atomic E-state index is 12.6. The molecule has 1 heterocycles. The van der Waals surface area contributed by atoms with Crippen molar-refractivity contribution >= 4 is 31.9 Å². The molecule has 2 fully saturated rings. The Morgan fingerprint density at radius 1 is 1.23 bits per heavy atom. The van der Waals surface area contributed by atoms with Crippen LogP contribution in [-0.4, -0.2) is 56.2 Å². The van der Waals surface area contributed by atoms with E-state index in [0.29, 0.717) is 13.1 Å². The molecular formula is C18H25BrN2O4S. The van der Waals surface area contributed by atoms with Gasteiger partial charge in [-0.25, -0.2) is 8.42 Å². The van der Waals surface area contributed by atoms with Crippen LogP contribution in [0.15, 0.2) is 28.7 Å². The fourth-order valence-corrected chi connectivity index (χ4v) is 5.25. The fraction of sp³-hybridized carbons (Fsp3) is 0.611. The van der Waals surface area contributed by atoms with Crippen molar-refractivity contribution in [2.45, 2.75) is 44.3 Å². The van der Waals surface area contributed by atoms with Gasteiger partial charge in [-0.2, -0.15) is 4.31 Å². The first-order chi connectivity index (χ1) is 12.2. The third kappa shape index (κ3) is 4.30. The Bertz CT molecular complexity index is 752. The van der Waals surface area contributed by atoms with Crippen molar-refractivity contribution in [2.75, 3.05) is 25.4 Å². The Morgan fingerprint density at radius 3 is 2.35 bits per heavy atom. The number of nitrogens with one attached hydrogen (secondary N) is 1. The number of carbonyl (C=O) groups excluding carboxylic acids is 1. The lowest BCUT2D eigenvalue weighted by Crippen LogP contribution is -2.50. The van der Waals surface area contributed by atoms with Crippen molar-refractivity contribution in [3.8, 4) is 0 Å². The lowest BCUT2D eigenvalue weighted by molar-refractivity contribution is -0.123. The van der Waals surface area contributed by atoms with Gasteiger partial charge in [-0.3, -0.25) is 4.79 Å². The quantitative estimate of drug-likeness (QED) is 0.727. The standard InChI is InChI=1S/C18H25BrN2O4S/c1-13-11-21(12-14(2)25-13)26(23,24)10-9-20-17(22)18(7-8-18)15-3-5-16(19)6-4-15/h3-6,13-14H,7-12H2,1-2H3,(H,20,22). The minimum absolute atomic E-state index is 0.0845. The third-order valence-corrected chi connectivity index (χ3v) is 7.34. The number of morpholine rings is 1. The molecule has 1 aliphatic carbocycles. The van der Waals surface area contributed by atoms with Crippen molar-refractivity contribution in [1.82, 2.24) is 9.62 Å². The number of nitrogens with zero attached hydrogens (tertiary/aromatic N) is 1. The molecule has 1 amide bonds. The lowest BCUT2D eigenvalue weighted by Gasteiger charge is -2.34. The van der Waals surface area contributed by atoms with E-state index in [2.05, 4.69) is 21.2 Å². The van der Waals surface area contributed by atoms with Gasteiger partial charge in [-0.15, -0.1) is 0 Å². The van der Waals surface area contributed by atoms with Gasteiger partial charge in [0.05, 0.1) is 23.4 Å². The first-order valence-corrected chi connectivity index (χ1v) is 11.3. The Balaban J connectivity index is 1.56. The largest absolute Gasteiger partial charge is 0.373 e. The van der Waals surface area contributed by atoms with E-state index in [1.54, 1.807) is 0 Å². The van der Waals surface area contributed by atoms with E-state index in [1.807, 2.05) is 38.1 Å². The summed E-state index contributed by atoms with van der Waals surface area (Å²) < 4.78 is 33.1. The monoisotopic (exact) mass is 444 g/mol. The highest BCUT2D eigenvalue weighted by Gasteiger charge is 2.51. The average Bonchev–Trinajstić information content (AvgIpc) is 3.36. The molecule has 1 aromatic rings. The maximum atomic E-state index is 12.6. The van der Waals surface area contributed by atoms with E-state index in [-0.39, 0.29) is 30.4 Å². The highest BCUT2D eigenvalue weighted by molar-refractivity contribution is 9.10. The van der Waals surface area contributed by atoms with Gasteiger partial charge in [0.25, 0.3) is 0 Å². The number of rotatable bonds is 6. The molecule has 2 unspecified atom stereocenters. The summed E-state index contributed by atoms with van der Waals surface area (Å²) in [5, 5.41) is 2.83. The molecule has 1 saturated heterocycles. The van der Waals surface area contributed by atoms with Gasteiger partial charge in [-0.05, 0) is 44.4 Å². The van der Waals surface area contributed by atoms with Crippen LogP contribution in [0.5, 0.6) is 0 Å². The Hall–Kier alpha value is -0.960. The van der Waals surface area contributed by atoms with E-state index in [9.17, 15) is 13.2 Å². The molecule has 1 aliphatic heterocycles. The van der Waals surface area contributed by atoms with Crippen LogP contribution in [0.2, 0.25) is 0 Å². The molecule has 26 heavy (non-hydrogen) atoms. The van der Waals surface area contributed by atoms with Crippen molar-refractivity contribution in [3.63, 3.8) is 0 Å². The number of ether oxygens (including phenoxy) is 1. The Morgan fingerprint density at radius 2 is 1.81 bits per heavy atom. The topological polar surface area (TPSA) is 75.7 Å². The van der Waals surface area contributed by atoms with E-state index in [1.165, 1.54) is 4.31 Å². The number of amides is 1. The second kappa shape index (κ2) is 7.58. The third-order valence-electron chi connectivity index (χ3n) is 5.01. The number of halogens is 1. The number of hydrogen-bond acceptors (Lipinski definition) is 4. The predicted molar refractivity (Wildman–Crippen MR) is 103 cm³/mol. The molecule has 1 aromatic carbocycles. The van der Waals surface area contributed by atoms with Crippen LogP contribution in [0.25, 0.3) is 0 Å². The molecule has 144 valence electrons. The molecule has 1 saturated carbocycles. The smallest absolute Gasteiger partial charge is 0.230 e. The first kappa shape index (κ1) is 19.8. The van der Waals surface area contributed by atoms with Gasteiger partial charge in [0.1, 0.15) is 0 Å². The Labute approximate surface area is 163 Å². The molecule has 0 radical (unpaired) electrons. The van der Waals surface area contributed by atoms with Crippen LogP contribution in [0.1, 0.15) is 32.3 Å². The van der Waals surface area contributed by atoms with Crippen molar-refractivity contribution in [1.29, 1.82) is 0 Å². The van der Waals surface area contributed by atoms with Crippen LogP contribution in [0, 0.1) is 0 Å². The van der Waals surface area contributed by atoms with E-state index < -0.39 is 15.4 Å². The summed E-state index contributed by atoms with van der Waals surface area (Å²) in [7, 11) is -3.41. The first-order valence-electron chi connectivity index (χ1n) is 8.90. The summed E-state index contributed by atoms with van der Waals surface area (Å²) in [5.41, 5.74) is 0.490. The average molecular weight is 445 g/mol. The molecule has 1 N–H and O–H groups in total. The zero-order valence-electron chi connectivity index (χ0n) is 15.1. The minimum Gasteiger partial charge on any atom is -0.373 e. The predicted octanol–water partition coefficient (Wildman–Crippen LogP) is 2.04. The van der Waals surface area contributed by atoms with Gasteiger partial charge >= 0.3 is 0 Å². The molecule has 2 aliphatic rings. The van der Waals surface area contributed by atoms with Gasteiger partial charge in [-0.1, -0.05) is 28.1 Å². The van der Waals surface area contributed by atoms with Gasteiger partial charge in [0.15, 0.2) is 0 Å². The molecule has 3 rings (SSSR count). The van der Waals surface area contributed by atoms with Crippen LogP contribution < -0.4 is 5.32 Å². The van der Waals surface area contributed by atoms with Gasteiger partial charge < -0.3 is 10.1 Å². The Kier molecular flexibility index (Phi) is 5.77. The summed E-state index contributed by atoms with van der Waals surface area (Å²) >= 11 is 3.40. The number of carbonyl (C=O) groups is 1. The van der Waals surface area contributed by atoms with Crippen molar-refractivity contribution in [3.05, 3.63) is 34.3 Å². The maximum Gasteiger partial charge on any atom is 0.230 e. The molecule has 0 spiro atoms. The van der Waals surface area contributed by atoms with E-state index in [4.69, 9.17) is 4.74 Å². The van der Waals surface area contributed by atoms with E-state index in [0.717, 1.165) is 22.9 Å². The summed E-state index contributed by atoms with van der Waals surface area (Å²) in [5.74, 6) is -0.173. The van der Waals surface area contributed by atoms with Crippen molar-refractivity contribution in [2.24, 2.45) is 0 Å². The highest BCUT2D eigenvalue weighted by Crippen LogP contribution is 2.48. The second-order valence-electron chi connectivity index (χ2n) is 7.24. The second-order valence-corrected chi connectivity index (χ2v) is 10.2. The van der Waals surface area contributed by atoms with Gasteiger partial charge in [0, 0.05) is 24.1 Å². The highest BCUT2D eigenvalue weighted by atomic mass is 79.9. The summed E-state index contributed by atoms with van der Waals surface area (Å²) in [4.78, 5) is 12.6. The normalized spacial score (nSPS) is 25.7. The van der Waals surface area contributed by atoms with E-state index >= 15 is 0 Å². The number of hydrogen-bond donors (Lipinski definition) is 1. The zero-order chi connectivity index (χ0) is 18.9. The molecule has 6 nitrogen and oxygen atoms in total. The van der Waals surface area contributed by atoms with Crippen LogP contribution in [0.4, 0.5) is 0 Å². The van der Waals surface area contributed by atoms with Crippen LogP contribution >= 0.6 is 15.9 Å². The molecular weight excluding hydrogens is 420 g/mol. The number of benzene rings is 1. The van der Waals surface area contributed by atoms with Crippen LogP contribution in [0.3, 0.4) is 0 Å². The lowest BCUT2D eigenvalue weighted by atomic mass is 9.95. The SMILES string of the molecule is CC1CN(S(=O)(=O)CCNC(=O)C2(c3ccc(Br)cc3)CC2)CC(C)O1. The summed E-state index contributed by atoms with van der Waals surface area (Å²) in [6, 6.07) is 7.75. The zero-order valence-corrected chi connectivity index (χ0v) is 17.5.